The summed E-state index contributed by atoms with van der Waals surface area (Å²) in [6.07, 6.45) is 1.71. The molecular weight excluding hydrogens is 538 g/mol. The Labute approximate surface area is 235 Å². The van der Waals surface area contributed by atoms with Gasteiger partial charge in [0.15, 0.2) is 0 Å². The van der Waals surface area contributed by atoms with Gasteiger partial charge in [-0.3, -0.25) is 13.9 Å². The van der Waals surface area contributed by atoms with Crippen molar-refractivity contribution in [1.29, 1.82) is 0 Å². The van der Waals surface area contributed by atoms with E-state index in [2.05, 4.69) is 5.32 Å². The van der Waals surface area contributed by atoms with Gasteiger partial charge in [-0.15, -0.1) is 0 Å². The van der Waals surface area contributed by atoms with Gasteiger partial charge in [0.2, 0.25) is 21.8 Å². The summed E-state index contributed by atoms with van der Waals surface area (Å²) in [6, 6.07) is 22.7. The number of nitrogens with zero attached hydrogens (tertiary/aromatic N) is 2. The van der Waals surface area contributed by atoms with E-state index in [1.165, 1.54) is 11.4 Å². The van der Waals surface area contributed by atoms with Crippen molar-refractivity contribution < 1.29 is 22.7 Å². The van der Waals surface area contributed by atoms with Gasteiger partial charge in [0, 0.05) is 38.0 Å². The van der Waals surface area contributed by atoms with E-state index in [0.29, 0.717) is 22.9 Å². The predicted octanol–water partition coefficient (Wildman–Crippen LogP) is 4.28. The van der Waals surface area contributed by atoms with Crippen molar-refractivity contribution in [3.05, 3.63) is 95.0 Å². The lowest BCUT2D eigenvalue weighted by molar-refractivity contribution is -0.141. The number of halogens is 1. The zero-order chi connectivity index (χ0) is 28.4. The highest BCUT2D eigenvalue weighted by atomic mass is 35.5. The average Bonchev–Trinajstić information content (AvgIpc) is 2.92. The quantitative estimate of drug-likeness (QED) is 0.330. The predicted molar refractivity (Wildman–Crippen MR) is 154 cm³/mol. The molecule has 10 heteroatoms. The molecule has 0 aliphatic carbocycles. The van der Waals surface area contributed by atoms with Crippen LogP contribution in [0.25, 0.3) is 0 Å². The Hall–Kier alpha value is -3.56. The summed E-state index contributed by atoms with van der Waals surface area (Å²) in [7, 11) is -0.631. The van der Waals surface area contributed by atoms with Crippen LogP contribution in [0.2, 0.25) is 5.02 Å². The van der Waals surface area contributed by atoms with E-state index in [1.807, 2.05) is 36.4 Å². The summed E-state index contributed by atoms with van der Waals surface area (Å²) >= 11 is 6.20. The molecule has 2 amide bonds. The lowest BCUT2D eigenvalue weighted by atomic mass is 10.0. The Morgan fingerprint density at radius 1 is 0.974 bits per heavy atom. The van der Waals surface area contributed by atoms with Crippen LogP contribution in [0.1, 0.15) is 24.0 Å². The van der Waals surface area contributed by atoms with Gasteiger partial charge in [-0.2, -0.15) is 0 Å². The third-order valence-electron chi connectivity index (χ3n) is 6.27. The minimum atomic E-state index is -3.65. The van der Waals surface area contributed by atoms with Crippen molar-refractivity contribution in [3.8, 4) is 5.75 Å². The van der Waals surface area contributed by atoms with E-state index in [1.54, 1.807) is 54.4 Å². The van der Waals surface area contributed by atoms with Crippen LogP contribution >= 0.6 is 11.6 Å². The largest absolute Gasteiger partial charge is 0.495 e. The third kappa shape index (κ3) is 8.46. The molecule has 0 fully saturated rings. The molecule has 0 radical (unpaired) electrons. The first-order valence-electron chi connectivity index (χ1n) is 12.5. The first kappa shape index (κ1) is 30.0. The van der Waals surface area contributed by atoms with Crippen molar-refractivity contribution in [1.82, 2.24) is 10.2 Å². The van der Waals surface area contributed by atoms with E-state index in [-0.39, 0.29) is 37.7 Å². The molecule has 0 heterocycles. The molecule has 0 spiro atoms. The smallest absolute Gasteiger partial charge is 0.242 e. The molecule has 3 rings (SSSR count). The zero-order valence-corrected chi connectivity index (χ0v) is 23.9. The number of anilines is 1. The van der Waals surface area contributed by atoms with Crippen LogP contribution in [0.15, 0.2) is 78.9 Å². The van der Waals surface area contributed by atoms with Crippen LogP contribution < -0.4 is 14.4 Å². The lowest BCUT2D eigenvalue weighted by Crippen LogP contribution is -2.49. The molecule has 8 nitrogen and oxygen atoms in total. The molecule has 3 aromatic rings. The highest BCUT2D eigenvalue weighted by Gasteiger charge is 2.30. The van der Waals surface area contributed by atoms with E-state index < -0.39 is 16.1 Å². The summed E-state index contributed by atoms with van der Waals surface area (Å²) in [5, 5.41) is 3.21. The number of amides is 2. The normalized spacial score (nSPS) is 11.9. The molecule has 0 saturated carbocycles. The van der Waals surface area contributed by atoms with Crippen LogP contribution in [0.4, 0.5) is 5.69 Å². The van der Waals surface area contributed by atoms with Crippen LogP contribution in [-0.2, 0) is 32.6 Å². The van der Waals surface area contributed by atoms with Crippen LogP contribution in [0.3, 0.4) is 0 Å². The second-order valence-corrected chi connectivity index (χ2v) is 11.4. The second-order valence-electron chi connectivity index (χ2n) is 9.08. The first-order chi connectivity index (χ1) is 18.6. The highest BCUT2D eigenvalue weighted by Crippen LogP contribution is 2.30. The molecule has 0 aromatic heterocycles. The molecule has 0 aliphatic heterocycles. The number of hydrogen-bond acceptors (Lipinski definition) is 5. The number of para-hydroxylation sites is 2. The average molecular weight is 572 g/mol. The fourth-order valence-corrected chi connectivity index (χ4v) is 5.55. The Morgan fingerprint density at radius 3 is 2.28 bits per heavy atom. The van der Waals surface area contributed by atoms with Gasteiger partial charge in [0.1, 0.15) is 11.8 Å². The van der Waals surface area contributed by atoms with Crippen LogP contribution in [0, 0.1) is 0 Å². The minimum absolute atomic E-state index is 0.0318. The number of hydrogen-bond donors (Lipinski definition) is 1. The topological polar surface area (TPSA) is 96.0 Å². The monoisotopic (exact) mass is 571 g/mol. The van der Waals surface area contributed by atoms with E-state index in [4.69, 9.17) is 16.3 Å². The maximum absolute atomic E-state index is 13.7. The molecule has 0 saturated heterocycles. The number of rotatable bonds is 13. The van der Waals surface area contributed by atoms with Crippen molar-refractivity contribution >= 4 is 39.1 Å². The molecule has 39 heavy (non-hydrogen) atoms. The molecular formula is C29H34ClN3O5S. The second kappa shape index (κ2) is 14.0. The summed E-state index contributed by atoms with van der Waals surface area (Å²) < 4.78 is 31.9. The van der Waals surface area contributed by atoms with Crippen LogP contribution in [0.5, 0.6) is 5.75 Å². The summed E-state index contributed by atoms with van der Waals surface area (Å²) in [5.41, 5.74) is 2.09. The van der Waals surface area contributed by atoms with Crippen molar-refractivity contribution in [2.45, 2.75) is 31.8 Å². The van der Waals surface area contributed by atoms with Crippen LogP contribution in [-0.4, -0.2) is 58.1 Å². The highest BCUT2D eigenvalue weighted by molar-refractivity contribution is 7.92. The van der Waals surface area contributed by atoms with E-state index in [9.17, 15) is 18.0 Å². The maximum atomic E-state index is 13.7. The van der Waals surface area contributed by atoms with Crippen molar-refractivity contribution in [3.63, 3.8) is 0 Å². The molecule has 1 atom stereocenters. The number of ether oxygens (including phenoxy) is 1. The first-order valence-corrected chi connectivity index (χ1v) is 14.8. The summed E-state index contributed by atoms with van der Waals surface area (Å²) in [6.45, 7) is 0.242. The standard InChI is InChI=1S/C29H34ClN3O5S/c1-31-29(35)26(20-22-11-5-4-6-12-22)32(21-23-13-9-14-24(30)19-23)28(34)17-10-18-33(39(3,36)37)25-15-7-8-16-27(25)38-2/h4-9,11-16,19,26H,10,17-18,20-21H2,1-3H3,(H,31,35)/t26-/m0/s1. The molecule has 3 aromatic carbocycles. The van der Waals surface area contributed by atoms with Gasteiger partial charge in [0.05, 0.1) is 19.1 Å². The Morgan fingerprint density at radius 2 is 1.64 bits per heavy atom. The Balaban J connectivity index is 1.86. The van der Waals surface area contributed by atoms with Gasteiger partial charge in [-0.05, 0) is 41.8 Å². The summed E-state index contributed by atoms with van der Waals surface area (Å²) in [5.74, 6) is -0.145. The molecule has 0 bridgehead atoms. The van der Waals surface area contributed by atoms with Gasteiger partial charge in [0.25, 0.3) is 0 Å². The van der Waals surface area contributed by atoms with Crippen molar-refractivity contribution in [2.75, 3.05) is 31.3 Å². The molecule has 0 unspecified atom stereocenters. The molecule has 1 N–H and O–H groups in total. The number of methoxy groups -OCH3 is 1. The van der Waals surface area contributed by atoms with Gasteiger partial charge < -0.3 is 15.0 Å². The van der Waals surface area contributed by atoms with Crippen molar-refractivity contribution in [2.24, 2.45) is 0 Å². The van der Waals surface area contributed by atoms with Gasteiger partial charge in [-0.1, -0.05) is 66.2 Å². The summed E-state index contributed by atoms with van der Waals surface area (Å²) in [4.78, 5) is 28.3. The lowest BCUT2D eigenvalue weighted by Gasteiger charge is -2.31. The van der Waals surface area contributed by atoms with E-state index in [0.717, 1.165) is 17.4 Å². The fourth-order valence-electron chi connectivity index (χ4n) is 4.37. The SMILES string of the molecule is CNC(=O)[C@H](Cc1ccccc1)N(Cc1cccc(Cl)c1)C(=O)CCCN(c1ccccc1OC)S(C)(=O)=O. The minimum Gasteiger partial charge on any atom is -0.495 e. The molecule has 0 aliphatic rings. The van der Waals surface area contributed by atoms with E-state index >= 15 is 0 Å². The number of carbonyl (C=O) groups is 2. The number of nitrogens with one attached hydrogen (secondary N) is 1. The Bertz CT molecular complexity index is 1370. The molecule has 208 valence electrons. The fraction of sp³-hybridized carbons (Fsp3) is 0.310. The number of sulfonamides is 1. The van der Waals surface area contributed by atoms with Gasteiger partial charge in [-0.25, -0.2) is 8.42 Å². The Kier molecular flexibility index (Phi) is 10.8. The number of benzene rings is 3. The third-order valence-corrected chi connectivity index (χ3v) is 7.68. The number of likely N-dealkylation sites (N-methyl/N-ethyl adjacent to an activating group) is 1. The zero-order valence-electron chi connectivity index (χ0n) is 22.3. The number of carbonyl (C=O) groups excluding carboxylic acids is 2. The van der Waals surface area contributed by atoms with Gasteiger partial charge >= 0.3 is 0 Å². The maximum Gasteiger partial charge on any atom is 0.242 e.